The third-order valence-corrected chi connectivity index (χ3v) is 5.21. The quantitative estimate of drug-likeness (QED) is 0.723. The van der Waals surface area contributed by atoms with Crippen LogP contribution in [0.25, 0.3) is 0 Å². The Morgan fingerprint density at radius 1 is 1.10 bits per heavy atom. The van der Waals surface area contributed by atoms with Gasteiger partial charge in [-0.05, 0) is 48.6 Å². The van der Waals surface area contributed by atoms with E-state index in [2.05, 4.69) is 10.3 Å². The van der Waals surface area contributed by atoms with Crippen molar-refractivity contribution in [3.05, 3.63) is 59.9 Å². The van der Waals surface area contributed by atoms with Crippen LogP contribution in [0.4, 0.5) is 5.69 Å². The summed E-state index contributed by atoms with van der Waals surface area (Å²) < 4.78 is 0. The minimum absolute atomic E-state index is 0. The summed E-state index contributed by atoms with van der Waals surface area (Å²) in [6.45, 7) is 0.475. The smallest absolute Gasteiger partial charge is 0.258 e. The van der Waals surface area contributed by atoms with Gasteiger partial charge in [0.1, 0.15) is 0 Å². The second-order valence-corrected chi connectivity index (χ2v) is 7.10. The van der Waals surface area contributed by atoms with Crippen LogP contribution in [0.15, 0.2) is 48.8 Å². The number of amides is 2. The lowest BCUT2D eigenvalue weighted by Gasteiger charge is -2.18. The summed E-state index contributed by atoms with van der Waals surface area (Å²) in [6.07, 6.45) is 6.89. The van der Waals surface area contributed by atoms with E-state index in [1.165, 1.54) is 0 Å². The summed E-state index contributed by atoms with van der Waals surface area (Å²) in [5, 5.41) is 2.96. The van der Waals surface area contributed by atoms with Gasteiger partial charge in [-0.25, -0.2) is 0 Å². The monoisotopic (exact) mass is 438 g/mol. The molecule has 0 spiro atoms. The standard InChI is InChI=1S/C21H26N4O2.2ClH/c1-25(21(27)16-9-11-23-12-10-16)18-7-5-15(6-8-18)14-24-20(26)13-17-3-2-4-19(17)22;;/h5-12,17,19H,2-4,13-14,22H2,1H3,(H,24,26);2*1H/t17-,19+;;/m0../s1. The Hall–Kier alpha value is -2.15. The first kappa shape index (κ1) is 24.9. The Morgan fingerprint density at radius 2 is 1.76 bits per heavy atom. The lowest BCUT2D eigenvalue weighted by molar-refractivity contribution is -0.122. The molecule has 158 valence electrons. The predicted octanol–water partition coefficient (Wildman–Crippen LogP) is 3.34. The fraction of sp³-hybridized carbons (Fsp3) is 0.381. The molecule has 6 nitrogen and oxygen atoms in total. The molecule has 1 fully saturated rings. The first-order chi connectivity index (χ1) is 13.0. The van der Waals surface area contributed by atoms with Crippen molar-refractivity contribution in [2.75, 3.05) is 11.9 Å². The molecule has 0 aliphatic heterocycles. The van der Waals surface area contributed by atoms with Crippen molar-refractivity contribution in [3.8, 4) is 0 Å². The largest absolute Gasteiger partial charge is 0.352 e. The molecule has 1 saturated carbocycles. The maximum Gasteiger partial charge on any atom is 0.258 e. The third kappa shape index (κ3) is 6.70. The molecule has 3 rings (SSSR count). The Kier molecular flexibility index (Phi) is 10.1. The number of rotatable bonds is 6. The molecule has 0 saturated heterocycles. The highest BCUT2D eigenvalue weighted by molar-refractivity contribution is 6.05. The first-order valence-electron chi connectivity index (χ1n) is 9.34. The van der Waals surface area contributed by atoms with Crippen molar-refractivity contribution in [2.45, 2.75) is 38.3 Å². The number of anilines is 1. The van der Waals surface area contributed by atoms with Gasteiger partial charge in [0.05, 0.1) is 0 Å². The second-order valence-electron chi connectivity index (χ2n) is 7.10. The summed E-state index contributed by atoms with van der Waals surface area (Å²) in [7, 11) is 1.74. The zero-order valence-corrected chi connectivity index (χ0v) is 18.0. The number of nitrogens with two attached hydrogens (primary N) is 1. The van der Waals surface area contributed by atoms with Crippen molar-refractivity contribution in [3.63, 3.8) is 0 Å². The van der Waals surface area contributed by atoms with Crippen molar-refractivity contribution in [2.24, 2.45) is 11.7 Å². The van der Waals surface area contributed by atoms with Crippen LogP contribution in [0.2, 0.25) is 0 Å². The summed E-state index contributed by atoms with van der Waals surface area (Å²) in [5.74, 6) is 0.262. The minimum atomic E-state index is -0.0913. The molecule has 1 aromatic heterocycles. The van der Waals surface area contributed by atoms with Crippen LogP contribution in [0.5, 0.6) is 0 Å². The van der Waals surface area contributed by atoms with Crippen LogP contribution in [0.3, 0.4) is 0 Å². The number of nitrogens with zero attached hydrogens (tertiary/aromatic N) is 2. The van der Waals surface area contributed by atoms with Crippen LogP contribution >= 0.6 is 24.8 Å². The summed E-state index contributed by atoms with van der Waals surface area (Å²) >= 11 is 0. The molecule has 2 amide bonds. The van der Waals surface area contributed by atoms with Gasteiger partial charge in [-0.1, -0.05) is 18.6 Å². The third-order valence-electron chi connectivity index (χ3n) is 5.21. The van der Waals surface area contributed by atoms with Gasteiger partial charge in [0.15, 0.2) is 0 Å². The van der Waals surface area contributed by atoms with Crippen LogP contribution in [-0.4, -0.2) is 29.9 Å². The van der Waals surface area contributed by atoms with E-state index in [1.54, 1.807) is 36.5 Å². The Morgan fingerprint density at radius 3 is 2.34 bits per heavy atom. The SMILES string of the molecule is CN(C(=O)c1ccncc1)c1ccc(CNC(=O)C[C@@H]2CCC[C@H]2N)cc1.Cl.Cl. The highest BCUT2D eigenvalue weighted by Crippen LogP contribution is 2.26. The number of carbonyl (C=O) groups is 2. The second kappa shape index (κ2) is 11.8. The predicted molar refractivity (Wildman–Crippen MR) is 120 cm³/mol. The van der Waals surface area contributed by atoms with E-state index >= 15 is 0 Å². The van der Waals surface area contributed by atoms with Gasteiger partial charge < -0.3 is 16.0 Å². The summed E-state index contributed by atoms with van der Waals surface area (Å²) in [4.78, 5) is 30.1. The molecule has 3 N–H and O–H groups in total. The topological polar surface area (TPSA) is 88.3 Å². The maximum absolute atomic E-state index is 12.5. The molecular formula is C21H28Cl2N4O2. The number of hydrogen-bond donors (Lipinski definition) is 2. The van der Waals surface area contributed by atoms with E-state index in [1.807, 2.05) is 24.3 Å². The Bertz CT molecular complexity index is 787. The molecule has 0 unspecified atom stereocenters. The minimum Gasteiger partial charge on any atom is -0.352 e. The van der Waals surface area contributed by atoms with E-state index in [-0.39, 0.29) is 42.7 Å². The van der Waals surface area contributed by atoms with Crippen molar-refractivity contribution in [1.82, 2.24) is 10.3 Å². The Balaban J connectivity index is 0.00000210. The fourth-order valence-electron chi connectivity index (χ4n) is 3.47. The van der Waals surface area contributed by atoms with Gasteiger partial charge in [0, 0.05) is 49.7 Å². The number of aromatic nitrogens is 1. The van der Waals surface area contributed by atoms with Crippen LogP contribution < -0.4 is 16.0 Å². The van der Waals surface area contributed by atoms with Gasteiger partial charge >= 0.3 is 0 Å². The van der Waals surface area contributed by atoms with Gasteiger partial charge in [0.2, 0.25) is 5.91 Å². The normalized spacial score (nSPS) is 17.6. The summed E-state index contributed by atoms with van der Waals surface area (Å²) in [6, 6.07) is 11.2. The van der Waals surface area contributed by atoms with E-state index in [0.717, 1.165) is 30.5 Å². The molecule has 2 aromatic rings. The molecule has 1 heterocycles. The fourth-order valence-corrected chi connectivity index (χ4v) is 3.47. The average molecular weight is 439 g/mol. The number of carbonyl (C=O) groups excluding carboxylic acids is 2. The molecule has 0 radical (unpaired) electrons. The van der Waals surface area contributed by atoms with Crippen molar-refractivity contribution >= 4 is 42.3 Å². The lowest BCUT2D eigenvalue weighted by atomic mass is 10.00. The number of nitrogens with one attached hydrogen (secondary N) is 1. The van der Waals surface area contributed by atoms with E-state index < -0.39 is 0 Å². The molecular weight excluding hydrogens is 411 g/mol. The average Bonchev–Trinajstić information content (AvgIpc) is 3.10. The number of pyridine rings is 1. The number of hydrogen-bond acceptors (Lipinski definition) is 4. The van der Waals surface area contributed by atoms with Gasteiger partial charge in [-0.15, -0.1) is 24.8 Å². The first-order valence-corrected chi connectivity index (χ1v) is 9.34. The Labute approximate surface area is 184 Å². The summed E-state index contributed by atoms with van der Waals surface area (Å²) in [5.41, 5.74) is 8.41. The van der Waals surface area contributed by atoms with Crippen LogP contribution in [-0.2, 0) is 11.3 Å². The van der Waals surface area contributed by atoms with Crippen molar-refractivity contribution < 1.29 is 9.59 Å². The zero-order chi connectivity index (χ0) is 19.2. The van der Waals surface area contributed by atoms with Gasteiger partial charge in [0.25, 0.3) is 5.91 Å². The van der Waals surface area contributed by atoms with Crippen LogP contribution in [0, 0.1) is 5.92 Å². The van der Waals surface area contributed by atoms with E-state index in [0.29, 0.717) is 24.4 Å². The molecule has 1 aliphatic rings. The molecule has 1 aliphatic carbocycles. The number of benzene rings is 1. The maximum atomic E-state index is 12.5. The van der Waals surface area contributed by atoms with Crippen LogP contribution in [0.1, 0.15) is 41.6 Å². The molecule has 8 heteroatoms. The highest BCUT2D eigenvalue weighted by atomic mass is 35.5. The molecule has 2 atom stereocenters. The zero-order valence-electron chi connectivity index (χ0n) is 16.4. The van der Waals surface area contributed by atoms with Gasteiger partial charge in [-0.2, -0.15) is 0 Å². The molecule has 0 bridgehead atoms. The van der Waals surface area contributed by atoms with Gasteiger partial charge in [-0.3, -0.25) is 14.6 Å². The molecule has 1 aromatic carbocycles. The molecule has 29 heavy (non-hydrogen) atoms. The van der Waals surface area contributed by atoms with E-state index in [9.17, 15) is 9.59 Å². The number of halogens is 2. The highest BCUT2D eigenvalue weighted by Gasteiger charge is 2.25. The lowest BCUT2D eigenvalue weighted by Crippen LogP contribution is -2.31. The van der Waals surface area contributed by atoms with E-state index in [4.69, 9.17) is 5.73 Å². The van der Waals surface area contributed by atoms with Crippen molar-refractivity contribution in [1.29, 1.82) is 0 Å².